The maximum atomic E-state index is 11.5. The molecule has 2 N–H and O–H groups in total. The van der Waals surface area contributed by atoms with Crippen LogP contribution in [0.1, 0.15) is 45.6 Å². The van der Waals surface area contributed by atoms with E-state index < -0.39 is 5.60 Å². The van der Waals surface area contributed by atoms with Crippen LogP contribution >= 0.6 is 0 Å². The molecule has 0 unspecified atom stereocenters. The highest BCUT2D eigenvalue weighted by Gasteiger charge is 2.18. The lowest BCUT2D eigenvalue weighted by molar-refractivity contribution is 0.0527. The second-order valence-corrected chi connectivity index (χ2v) is 6.46. The Labute approximate surface area is 126 Å². The molecule has 0 aliphatic carbocycles. The van der Waals surface area contributed by atoms with Gasteiger partial charge in [0.05, 0.1) is 0 Å². The average Bonchev–Trinajstić information content (AvgIpc) is 2.41. The van der Waals surface area contributed by atoms with Crippen molar-refractivity contribution in [2.24, 2.45) is 0 Å². The highest BCUT2D eigenvalue weighted by atomic mass is 16.6. The molecule has 5 heteroatoms. The van der Waals surface area contributed by atoms with E-state index in [1.54, 1.807) is 0 Å². The number of aryl methyl sites for hydroxylation is 1. The summed E-state index contributed by atoms with van der Waals surface area (Å²) in [5, 5.41) is 6.26. The minimum Gasteiger partial charge on any atom is -0.444 e. The smallest absolute Gasteiger partial charge is 0.407 e. The van der Waals surface area contributed by atoms with Crippen LogP contribution in [0.4, 0.5) is 10.6 Å². The number of anilines is 1. The van der Waals surface area contributed by atoms with Crippen molar-refractivity contribution in [1.29, 1.82) is 0 Å². The second kappa shape index (κ2) is 6.78. The highest BCUT2D eigenvalue weighted by Crippen LogP contribution is 2.23. The molecular weight excluding hydrogens is 266 g/mol. The molecule has 21 heavy (non-hydrogen) atoms. The molecule has 0 spiro atoms. The van der Waals surface area contributed by atoms with E-state index in [1.807, 2.05) is 33.0 Å². The number of nitrogens with zero attached hydrogens (tertiary/aromatic N) is 1. The molecule has 2 heterocycles. The molecule has 0 bridgehead atoms. The molecule has 0 radical (unpaired) electrons. The quantitative estimate of drug-likeness (QED) is 0.837. The Morgan fingerprint density at radius 3 is 3.10 bits per heavy atom. The Kier molecular flexibility index (Phi) is 5.04. The van der Waals surface area contributed by atoms with Crippen LogP contribution in [-0.4, -0.2) is 29.3 Å². The molecule has 1 aliphatic heterocycles. The fourth-order valence-corrected chi connectivity index (χ4v) is 2.44. The zero-order valence-corrected chi connectivity index (χ0v) is 13.1. The maximum Gasteiger partial charge on any atom is 0.407 e. The summed E-state index contributed by atoms with van der Waals surface area (Å²) >= 11 is 0. The SMILES string of the molecule is CC(C)(C)OC(=O)NCCC[C@H]1CCc2cccnc2N1. The van der Waals surface area contributed by atoms with Crippen LogP contribution in [0.15, 0.2) is 18.3 Å². The van der Waals surface area contributed by atoms with Gasteiger partial charge in [0.15, 0.2) is 0 Å². The summed E-state index contributed by atoms with van der Waals surface area (Å²) in [7, 11) is 0. The number of fused-ring (bicyclic) bond motifs is 1. The summed E-state index contributed by atoms with van der Waals surface area (Å²) in [4.78, 5) is 15.9. The van der Waals surface area contributed by atoms with E-state index >= 15 is 0 Å². The summed E-state index contributed by atoms with van der Waals surface area (Å²) in [5.74, 6) is 1.01. The van der Waals surface area contributed by atoms with Crippen LogP contribution in [0.3, 0.4) is 0 Å². The Morgan fingerprint density at radius 1 is 1.52 bits per heavy atom. The third-order valence-electron chi connectivity index (χ3n) is 3.39. The van der Waals surface area contributed by atoms with Crippen molar-refractivity contribution in [3.8, 4) is 0 Å². The number of ether oxygens (including phenoxy) is 1. The molecule has 0 aromatic carbocycles. The monoisotopic (exact) mass is 291 g/mol. The molecule has 1 aromatic heterocycles. The summed E-state index contributed by atoms with van der Waals surface area (Å²) in [6, 6.07) is 4.54. The van der Waals surface area contributed by atoms with Crippen molar-refractivity contribution in [3.63, 3.8) is 0 Å². The first-order valence-corrected chi connectivity index (χ1v) is 7.61. The van der Waals surface area contributed by atoms with E-state index in [4.69, 9.17) is 4.74 Å². The number of nitrogens with one attached hydrogen (secondary N) is 2. The van der Waals surface area contributed by atoms with Gasteiger partial charge in [0.25, 0.3) is 0 Å². The number of hydrogen-bond acceptors (Lipinski definition) is 4. The standard InChI is InChI=1S/C16H25N3O2/c1-16(2,3)21-15(20)18-11-5-7-13-9-8-12-6-4-10-17-14(12)19-13/h4,6,10,13H,5,7-9,11H2,1-3H3,(H,17,19)(H,18,20)/t13-/m0/s1. The molecule has 1 aromatic rings. The zero-order valence-electron chi connectivity index (χ0n) is 13.1. The lowest BCUT2D eigenvalue weighted by Crippen LogP contribution is -2.33. The highest BCUT2D eigenvalue weighted by molar-refractivity contribution is 5.67. The van der Waals surface area contributed by atoms with Crippen LogP contribution in [0.2, 0.25) is 0 Å². The van der Waals surface area contributed by atoms with Crippen molar-refractivity contribution in [2.45, 2.75) is 58.1 Å². The van der Waals surface area contributed by atoms with E-state index in [9.17, 15) is 4.79 Å². The van der Waals surface area contributed by atoms with Gasteiger partial charge in [-0.05, 0) is 58.1 Å². The first-order chi connectivity index (χ1) is 9.94. The summed E-state index contributed by atoms with van der Waals surface area (Å²) < 4.78 is 5.20. The molecule has 2 rings (SSSR count). The number of hydrogen-bond donors (Lipinski definition) is 2. The second-order valence-electron chi connectivity index (χ2n) is 6.46. The van der Waals surface area contributed by atoms with Crippen molar-refractivity contribution in [3.05, 3.63) is 23.9 Å². The van der Waals surface area contributed by atoms with Gasteiger partial charge in [-0.15, -0.1) is 0 Å². The zero-order chi connectivity index (χ0) is 15.3. The van der Waals surface area contributed by atoms with Crippen molar-refractivity contribution < 1.29 is 9.53 Å². The van der Waals surface area contributed by atoms with E-state index in [2.05, 4.69) is 21.7 Å². The molecule has 1 atom stereocenters. The fraction of sp³-hybridized carbons (Fsp3) is 0.625. The van der Waals surface area contributed by atoms with Gasteiger partial charge in [-0.3, -0.25) is 0 Å². The van der Waals surface area contributed by atoms with Gasteiger partial charge in [-0.25, -0.2) is 9.78 Å². The normalized spacial score (nSPS) is 17.6. The fourth-order valence-electron chi connectivity index (χ4n) is 2.44. The number of aromatic nitrogens is 1. The Balaban J connectivity index is 1.65. The molecule has 5 nitrogen and oxygen atoms in total. The van der Waals surface area contributed by atoms with E-state index in [0.29, 0.717) is 12.6 Å². The molecule has 1 amide bonds. The summed E-state index contributed by atoms with van der Waals surface area (Å²) in [5.41, 5.74) is 0.852. The van der Waals surface area contributed by atoms with Crippen molar-refractivity contribution >= 4 is 11.9 Å². The van der Waals surface area contributed by atoms with Crippen LogP contribution in [0.5, 0.6) is 0 Å². The third kappa shape index (κ3) is 5.25. The molecule has 1 aliphatic rings. The maximum absolute atomic E-state index is 11.5. The van der Waals surface area contributed by atoms with Gasteiger partial charge in [-0.1, -0.05) is 6.07 Å². The minimum atomic E-state index is -0.440. The minimum absolute atomic E-state index is 0.342. The molecule has 0 saturated heterocycles. The predicted molar refractivity (Wildman–Crippen MR) is 83.4 cm³/mol. The third-order valence-corrected chi connectivity index (χ3v) is 3.39. The Morgan fingerprint density at radius 2 is 2.33 bits per heavy atom. The number of rotatable bonds is 4. The van der Waals surface area contributed by atoms with Gasteiger partial charge >= 0.3 is 6.09 Å². The van der Waals surface area contributed by atoms with E-state index in [0.717, 1.165) is 31.5 Å². The number of pyridine rings is 1. The molecule has 0 fully saturated rings. The van der Waals surface area contributed by atoms with Gasteiger partial charge in [0.2, 0.25) is 0 Å². The lowest BCUT2D eigenvalue weighted by atomic mass is 9.98. The predicted octanol–water partition coefficient (Wildman–Crippen LogP) is 3.11. The number of carbonyl (C=O) groups excluding carboxylic acids is 1. The van der Waals surface area contributed by atoms with Crippen LogP contribution in [0, 0.1) is 0 Å². The molecule has 116 valence electrons. The number of carbonyl (C=O) groups is 1. The van der Waals surface area contributed by atoms with Crippen molar-refractivity contribution in [1.82, 2.24) is 10.3 Å². The van der Waals surface area contributed by atoms with Crippen LogP contribution in [0.25, 0.3) is 0 Å². The van der Waals surface area contributed by atoms with Gasteiger partial charge in [0, 0.05) is 18.8 Å². The Bertz CT molecular complexity index is 483. The van der Waals surface area contributed by atoms with Crippen molar-refractivity contribution in [2.75, 3.05) is 11.9 Å². The lowest BCUT2D eigenvalue weighted by Gasteiger charge is -2.26. The van der Waals surface area contributed by atoms with Gasteiger partial charge in [0.1, 0.15) is 11.4 Å². The van der Waals surface area contributed by atoms with Crippen LogP contribution < -0.4 is 10.6 Å². The van der Waals surface area contributed by atoms with E-state index in [-0.39, 0.29) is 6.09 Å². The first-order valence-electron chi connectivity index (χ1n) is 7.61. The number of amides is 1. The largest absolute Gasteiger partial charge is 0.444 e. The molecular formula is C16H25N3O2. The summed E-state index contributed by atoms with van der Waals surface area (Å²) in [6.07, 6.45) is 5.61. The topological polar surface area (TPSA) is 63.2 Å². The number of alkyl carbamates (subject to hydrolysis) is 1. The first kappa shape index (κ1) is 15.6. The molecule has 0 saturated carbocycles. The van der Waals surface area contributed by atoms with Crippen LogP contribution in [-0.2, 0) is 11.2 Å². The Hall–Kier alpha value is -1.78. The average molecular weight is 291 g/mol. The van der Waals surface area contributed by atoms with Gasteiger partial charge < -0.3 is 15.4 Å². The summed E-state index contributed by atoms with van der Waals surface area (Å²) in [6.45, 7) is 6.23. The van der Waals surface area contributed by atoms with Gasteiger partial charge in [-0.2, -0.15) is 0 Å². The van der Waals surface area contributed by atoms with E-state index in [1.165, 1.54) is 5.56 Å².